The van der Waals surface area contributed by atoms with Crippen molar-refractivity contribution in [2.75, 3.05) is 0 Å². The van der Waals surface area contributed by atoms with Gasteiger partial charge < -0.3 is 0 Å². The Bertz CT molecular complexity index is 273. The highest BCUT2D eigenvalue weighted by atomic mass is 16.2. The molecule has 105 valence electrons. The van der Waals surface area contributed by atoms with Crippen molar-refractivity contribution in [3.8, 4) is 0 Å². The predicted octanol–water partition coefficient (Wildman–Crippen LogP) is 2.80. The van der Waals surface area contributed by atoms with E-state index in [4.69, 9.17) is 0 Å². The second-order valence-electron chi connectivity index (χ2n) is 5.87. The standard InChI is InChI=1S/C14H27N2O2/c1-6-10-14(4,5)13(18)16-15-12(17)9-7-8-11(2)3/h11H,6-10H2,1-5H3,(H,16,18). The fraction of sp³-hybridized carbons (Fsp3) is 0.857. The van der Waals surface area contributed by atoms with Crippen LogP contribution in [0.3, 0.4) is 0 Å². The molecule has 4 nitrogen and oxygen atoms in total. The molecule has 0 fully saturated rings. The Labute approximate surface area is 111 Å². The first-order valence-electron chi connectivity index (χ1n) is 6.83. The minimum Gasteiger partial charge on any atom is -0.273 e. The molecule has 0 aromatic heterocycles. The Morgan fingerprint density at radius 3 is 2.39 bits per heavy atom. The summed E-state index contributed by atoms with van der Waals surface area (Å²) in [5.41, 5.74) is 5.55. The lowest BCUT2D eigenvalue weighted by molar-refractivity contribution is -0.135. The quantitative estimate of drug-likeness (QED) is 0.711. The number of carbonyl (C=O) groups is 2. The molecule has 0 heterocycles. The van der Waals surface area contributed by atoms with Gasteiger partial charge in [-0.2, -0.15) is 0 Å². The van der Waals surface area contributed by atoms with E-state index in [0.29, 0.717) is 12.3 Å². The molecule has 0 spiro atoms. The van der Waals surface area contributed by atoms with Crippen LogP contribution in [-0.2, 0) is 9.59 Å². The monoisotopic (exact) mass is 255 g/mol. The van der Waals surface area contributed by atoms with E-state index < -0.39 is 5.41 Å². The van der Waals surface area contributed by atoms with Crippen LogP contribution in [0.4, 0.5) is 0 Å². The molecule has 0 rings (SSSR count). The van der Waals surface area contributed by atoms with Crippen molar-refractivity contribution >= 4 is 11.8 Å². The third-order valence-corrected chi connectivity index (χ3v) is 2.94. The maximum absolute atomic E-state index is 11.8. The summed E-state index contributed by atoms with van der Waals surface area (Å²) in [6.45, 7) is 10.0. The first kappa shape index (κ1) is 16.9. The molecule has 0 aromatic rings. The molecule has 0 saturated carbocycles. The highest BCUT2D eigenvalue weighted by Crippen LogP contribution is 2.21. The lowest BCUT2D eigenvalue weighted by Crippen LogP contribution is -2.43. The number of hydrogen-bond donors (Lipinski definition) is 1. The van der Waals surface area contributed by atoms with Gasteiger partial charge in [-0.15, -0.1) is 5.43 Å². The number of carbonyl (C=O) groups excluding carboxylic acids is 2. The molecule has 1 N–H and O–H groups in total. The molecule has 2 amide bonds. The number of rotatable bonds is 7. The zero-order valence-corrected chi connectivity index (χ0v) is 12.4. The fourth-order valence-electron chi connectivity index (χ4n) is 1.72. The van der Waals surface area contributed by atoms with Crippen molar-refractivity contribution in [2.24, 2.45) is 11.3 Å². The number of hydrogen-bond acceptors (Lipinski definition) is 2. The second kappa shape index (κ2) is 8.11. The fourth-order valence-corrected chi connectivity index (χ4v) is 1.72. The van der Waals surface area contributed by atoms with Gasteiger partial charge in [-0.1, -0.05) is 47.5 Å². The minimum atomic E-state index is -0.462. The van der Waals surface area contributed by atoms with Gasteiger partial charge in [0.1, 0.15) is 0 Å². The Balaban J connectivity index is 3.88. The van der Waals surface area contributed by atoms with Gasteiger partial charge >= 0.3 is 0 Å². The van der Waals surface area contributed by atoms with Crippen LogP contribution >= 0.6 is 0 Å². The van der Waals surface area contributed by atoms with Crippen LogP contribution in [0.1, 0.15) is 66.7 Å². The smallest absolute Gasteiger partial charge is 0.262 e. The van der Waals surface area contributed by atoms with Crippen molar-refractivity contribution in [3.05, 3.63) is 0 Å². The van der Waals surface area contributed by atoms with Crippen LogP contribution in [-0.4, -0.2) is 11.8 Å². The van der Waals surface area contributed by atoms with Gasteiger partial charge in [0.2, 0.25) is 5.91 Å². The van der Waals surface area contributed by atoms with E-state index in [2.05, 4.69) is 24.7 Å². The molecule has 18 heavy (non-hydrogen) atoms. The Morgan fingerprint density at radius 1 is 1.28 bits per heavy atom. The number of nitrogens with zero attached hydrogens (tertiary/aromatic N) is 1. The van der Waals surface area contributed by atoms with E-state index in [1.54, 1.807) is 0 Å². The average Bonchev–Trinajstić information content (AvgIpc) is 2.25. The highest BCUT2D eigenvalue weighted by molar-refractivity contribution is 5.85. The van der Waals surface area contributed by atoms with Crippen LogP contribution in [0.5, 0.6) is 0 Å². The Morgan fingerprint density at radius 2 is 1.89 bits per heavy atom. The van der Waals surface area contributed by atoms with Gasteiger partial charge in [-0.05, 0) is 18.8 Å². The molecule has 0 atom stereocenters. The molecule has 0 saturated heterocycles. The van der Waals surface area contributed by atoms with Crippen molar-refractivity contribution in [1.29, 1.82) is 0 Å². The molecule has 0 aliphatic carbocycles. The van der Waals surface area contributed by atoms with E-state index >= 15 is 0 Å². The predicted molar refractivity (Wildman–Crippen MR) is 72.7 cm³/mol. The van der Waals surface area contributed by atoms with E-state index in [1.165, 1.54) is 0 Å². The summed E-state index contributed by atoms with van der Waals surface area (Å²) in [5, 5.41) is 0. The summed E-state index contributed by atoms with van der Waals surface area (Å²) < 4.78 is 0. The van der Waals surface area contributed by atoms with E-state index in [1.807, 2.05) is 20.8 Å². The minimum absolute atomic E-state index is 0.179. The highest BCUT2D eigenvalue weighted by Gasteiger charge is 2.27. The maximum Gasteiger partial charge on any atom is 0.262 e. The Hall–Kier alpha value is -1.06. The van der Waals surface area contributed by atoms with Gasteiger partial charge in [0.15, 0.2) is 0 Å². The van der Waals surface area contributed by atoms with Crippen molar-refractivity contribution < 1.29 is 9.59 Å². The summed E-state index contributed by atoms with van der Waals surface area (Å²) in [5.74, 6) is 0.175. The van der Waals surface area contributed by atoms with Crippen LogP contribution < -0.4 is 10.9 Å². The number of amides is 2. The average molecular weight is 255 g/mol. The summed E-state index contributed by atoms with van der Waals surface area (Å²) in [7, 11) is 0. The first-order valence-corrected chi connectivity index (χ1v) is 6.83. The number of nitrogens with one attached hydrogen (secondary N) is 1. The van der Waals surface area contributed by atoms with Gasteiger partial charge in [-0.3, -0.25) is 9.59 Å². The normalized spacial score (nSPS) is 11.4. The van der Waals surface area contributed by atoms with E-state index in [-0.39, 0.29) is 11.8 Å². The van der Waals surface area contributed by atoms with Crippen LogP contribution in [0.15, 0.2) is 0 Å². The van der Waals surface area contributed by atoms with E-state index in [0.717, 1.165) is 25.7 Å². The van der Waals surface area contributed by atoms with Crippen molar-refractivity contribution in [3.63, 3.8) is 0 Å². The van der Waals surface area contributed by atoms with Crippen LogP contribution in [0.25, 0.3) is 0 Å². The third kappa shape index (κ3) is 7.30. The lowest BCUT2D eigenvalue weighted by atomic mass is 9.87. The van der Waals surface area contributed by atoms with Gasteiger partial charge in [0.25, 0.3) is 5.91 Å². The summed E-state index contributed by atoms with van der Waals surface area (Å²) >= 11 is 0. The molecule has 0 aliphatic heterocycles. The Kier molecular flexibility index (Phi) is 7.64. The molecule has 0 aromatic carbocycles. The largest absolute Gasteiger partial charge is 0.273 e. The summed E-state index contributed by atoms with van der Waals surface area (Å²) in [4.78, 5) is 23.2. The topological polar surface area (TPSA) is 60.3 Å². The van der Waals surface area contributed by atoms with Gasteiger partial charge in [0, 0.05) is 11.8 Å². The third-order valence-electron chi connectivity index (χ3n) is 2.94. The molecule has 0 bridgehead atoms. The van der Waals surface area contributed by atoms with Crippen molar-refractivity contribution in [1.82, 2.24) is 10.9 Å². The van der Waals surface area contributed by atoms with Gasteiger partial charge in [-0.25, -0.2) is 5.43 Å². The molecule has 1 radical (unpaired) electrons. The van der Waals surface area contributed by atoms with Crippen LogP contribution in [0, 0.1) is 11.3 Å². The molecular formula is C14H27N2O2. The SMILES string of the molecule is CCCC(C)(C)C(=O)N[N]C(=O)CCCC(C)C. The van der Waals surface area contributed by atoms with Gasteiger partial charge in [0.05, 0.1) is 0 Å². The van der Waals surface area contributed by atoms with E-state index in [9.17, 15) is 9.59 Å². The van der Waals surface area contributed by atoms with Crippen molar-refractivity contribution in [2.45, 2.75) is 66.7 Å². The molecule has 4 heteroatoms. The lowest BCUT2D eigenvalue weighted by Gasteiger charge is -2.21. The second-order valence-corrected chi connectivity index (χ2v) is 5.87. The zero-order valence-electron chi connectivity index (χ0n) is 12.4. The zero-order chi connectivity index (χ0) is 14.2. The maximum atomic E-state index is 11.8. The molecular weight excluding hydrogens is 228 g/mol. The first-order chi connectivity index (χ1) is 8.29. The summed E-state index contributed by atoms with van der Waals surface area (Å²) in [6, 6.07) is 0. The van der Waals surface area contributed by atoms with Crippen LogP contribution in [0.2, 0.25) is 0 Å². The summed E-state index contributed by atoms with van der Waals surface area (Å²) in [6.07, 6.45) is 3.97. The molecule has 0 aliphatic rings. The molecule has 0 unspecified atom stereocenters.